The highest BCUT2D eigenvalue weighted by Gasteiger charge is 2.20. The van der Waals surface area contributed by atoms with Crippen LogP contribution < -0.4 is 4.90 Å². The molecule has 11 aromatic carbocycles. The number of nitrogens with zero attached hydrogens (tertiary/aromatic N) is 2. The minimum atomic E-state index is 0.891. The van der Waals surface area contributed by atoms with Crippen molar-refractivity contribution in [2.75, 3.05) is 4.90 Å². The lowest BCUT2D eigenvalue weighted by Crippen LogP contribution is -2.10. The SMILES string of the molecule is c1ccc2c(c1)oc1cc(-c3ccc(N(c4ccc(-c5ccc(-n6c7ccccc7c7ccccc76)cc5)cc4)c4ccc(-c5ccc6oc7ccccc7c6c5)c5ccccc45)cc3)ccc12. The van der Waals surface area contributed by atoms with E-state index in [1.54, 1.807) is 0 Å². The predicted molar refractivity (Wildman–Crippen MR) is 284 cm³/mol. The molecule has 3 aromatic heterocycles. The van der Waals surface area contributed by atoms with Gasteiger partial charge in [-0.1, -0.05) is 152 Å². The maximum absolute atomic E-state index is 6.29. The van der Waals surface area contributed by atoms with Crippen molar-refractivity contribution < 1.29 is 8.83 Å². The van der Waals surface area contributed by atoms with E-state index in [-0.39, 0.29) is 0 Å². The van der Waals surface area contributed by atoms with Gasteiger partial charge in [0.2, 0.25) is 0 Å². The number of aromatic nitrogens is 1. The van der Waals surface area contributed by atoms with Crippen LogP contribution in [0.25, 0.3) is 116 Å². The molecule has 0 aliphatic rings. The third kappa shape index (κ3) is 6.08. The Labute approximate surface area is 391 Å². The standard InChI is InChI=1S/C64H40N2O2/c1-2-12-51-50(11-1)49(45-28-38-63-57(39-45)55-16-6-10-20-62(55)67-63)36-37-60(51)65(47-31-25-43(26-32-47)44-27-35-56-54-15-5-9-19-61(54)68-64(56)40-44)46-29-21-41(22-30-46)42-23-33-48(34-24-42)66-58-17-7-3-13-52(58)53-14-4-8-18-59(53)66/h1-40H. The fourth-order valence-corrected chi connectivity index (χ4v) is 10.6. The molecule has 4 nitrogen and oxygen atoms in total. The van der Waals surface area contributed by atoms with Crippen LogP contribution in [0, 0.1) is 0 Å². The summed E-state index contributed by atoms with van der Waals surface area (Å²) in [4.78, 5) is 2.39. The summed E-state index contributed by atoms with van der Waals surface area (Å²) in [5.74, 6) is 0. The molecule has 318 valence electrons. The highest BCUT2D eigenvalue weighted by atomic mass is 16.3. The molecule has 14 rings (SSSR count). The van der Waals surface area contributed by atoms with Crippen molar-refractivity contribution in [2.45, 2.75) is 0 Å². The Balaban J connectivity index is 0.865. The van der Waals surface area contributed by atoms with Gasteiger partial charge in [-0.15, -0.1) is 0 Å². The van der Waals surface area contributed by atoms with Crippen molar-refractivity contribution in [1.82, 2.24) is 4.57 Å². The number of anilines is 3. The van der Waals surface area contributed by atoms with Crippen LogP contribution in [0.2, 0.25) is 0 Å². The summed E-state index contributed by atoms with van der Waals surface area (Å²) < 4.78 is 14.9. The Kier molecular flexibility index (Phi) is 8.55. The smallest absolute Gasteiger partial charge is 0.136 e. The van der Waals surface area contributed by atoms with Gasteiger partial charge in [-0.2, -0.15) is 0 Å². The molecule has 0 amide bonds. The Hall–Kier alpha value is -9.12. The molecule has 0 saturated heterocycles. The summed E-state index contributed by atoms with van der Waals surface area (Å²) in [7, 11) is 0. The fourth-order valence-electron chi connectivity index (χ4n) is 10.6. The first kappa shape index (κ1) is 38.2. The summed E-state index contributed by atoms with van der Waals surface area (Å²) >= 11 is 0. The van der Waals surface area contributed by atoms with Crippen LogP contribution in [0.5, 0.6) is 0 Å². The molecule has 0 bridgehead atoms. The first-order valence-electron chi connectivity index (χ1n) is 23.1. The molecule has 0 fully saturated rings. The van der Waals surface area contributed by atoms with Gasteiger partial charge in [0.25, 0.3) is 0 Å². The van der Waals surface area contributed by atoms with E-state index in [0.717, 1.165) is 99.8 Å². The molecular formula is C64H40N2O2. The summed E-state index contributed by atoms with van der Waals surface area (Å²) in [6.07, 6.45) is 0. The average Bonchev–Trinajstić information content (AvgIpc) is 4.08. The largest absolute Gasteiger partial charge is 0.456 e. The lowest BCUT2D eigenvalue weighted by molar-refractivity contribution is 0.668. The summed E-state index contributed by atoms with van der Waals surface area (Å²) in [6, 6.07) is 87.1. The van der Waals surface area contributed by atoms with Crippen LogP contribution in [0.3, 0.4) is 0 Å². The molecule has 0 unspecified atom stereocenters. The van der Waals surface area contributed by atoms with Crippen LogP contribution in [0.1, 0.15) is 0 Å². The number of fused-ring (bicyclic) bond motifs is 10. The van der Waals surface area contributed by atoms with E-state index in [1.165, 1.54) is 32.8 Å². The molecular weight excluding hydrogens is 829 g/mol. The first-order valence-corrected chi connectivity index (χ1v) is 23.1. The minimum Gasteiger partial charge on any atom is -0.456 e. The Morgan fingerprint density at radius 3 is 1.38 bits per heavy atom. The van der Waals surface area contributed by atoms with Gasteiger partial charge in [0.1, 0.15) is 22.3 Å². The number of hydrogen-bond acceptors (Lipinski definition) is 3. The third-order valence-corrected chi connectivity index (χ3v) is 13.8. The normalized spacial score (nSPS) is 11.8. The second-order valence-corrected chi connectivity index (χ2v) is 17.6. The van der Waals surface area contributed by atoms with Crippen molar-refractivity contribution in [1.29, 1.82) is 0 Å². The van der Waals surface area contributed by atoms with E-state index >= 15 is 0 Å². The molecule has 3 heterocycles. The minimum absolute atomic E-state index is 0.891. The van der Waals surface area contributed by atoms with Crippen LogP contribution in [0.4, 0.5) is 17.1 Å². The van der Waals surface area contributed by atoms with Crippen molar-refractivity contribution in [3.63, 3.8) is 0 Å². The molecule has 0 saturated carbocycles. The maximum Gasteiger partial charge on any atom is 0.136 e. The van der Waals surface area contributed by atoms with E-state index in [0.29, 0.717) is 0 Å². The second-order valence-electron chi connectivity index (χ2n) is 17.6. The number of rotatable bonds is 7. The third-order valence-electron chi connectivity index (χ3n) is 13.8. The Morgan fingerprint density at radius 2 is 0.735 bits per heavy atom. The number of furan rings is 2. The Morgan fingerprint density at radius 1 is 0.279 bits per heavy atom. The van der Waals surface area contributed by atoms with E-state index in [1.807, 2.05) is 24.3 Å². The zero-order valence-corrected chi connectivity index (χ0v) is 36.8. The molecule has 0 aliphatic carbocycles. The second kappa shape index (κ2) is 15.2. The van der Waals surface area contributed by atoms with E-state index in [9.17, 15) is 0 Å². The summed E-state index contributed by atoms with van der Waals surface area (Å²) in [6.45, 7) is 0. The zero-order valence-electron chi connectivity index (χ0n) is 36.8. The molecule has 14 aromatic rings. The fraction of sp³-hybridized carbons (Fsp3) is 0. The number of benzene rings is 11. The van der Waals surface area contributed by atoms with Gasteiger partial charge >= 0.3 is 0 Å². The molecule has 4 heteroatoms. The highest BCUT2D eigenvalue weighted by Crippen LogP contribution is 2.44. The van der Waals surface area contributed by atoms with Crippen LogP contribution in [-0.4, -0.2) is 4.57 Å². The monoisotopic (exact) mass is 868 g/mol. The number of hydrogen-bond donors (Lipinski definition) is 0. The summed E-state index contributed by atoms with van der Waals surface area (Å²) in [5.41, 5.74) is 17.2. The molecule has 0 aliphatic heterocycles. The maximum atomic E-state index is 6.29. The molecule has 0 radical (unpaired) electrons. The molecule has 0 atom stereocenters. The lowest BCUT2D eigenvalue weighted by atomic mass is 9.95. The number of para-hydroxylation sites is 4. The van der Waals surface area contributed by atoms with Gasteiger partial charge in [0.15, 0.2) is 0 Å². The van der Waals surface area contributed by atoms with Gasteiger partial charge in [-0.3, -0.25) is 0 Å². The van der Waals surface area contributed by atoms with Gasteiger partial charge in [-0.05, 0) is 130 Å². The van der Waals surface area contributed by atoms with E-state index in [2.05, 4.69) is 228 Å². The first-order chi connectivity index (χ1) is 33.7. The van der Waals surface area contributed by atoms with Crippen molar-refractivity contribution in [3.05, 3.63) is 243 Å². The van der Waals surface area contributed by atoms with E-state index < -0.39 is 0 Å². The quantitative estimate of drug-likeness (QED) is 0.160. The Bertz CT molecular complexity index is 4200. The molecule has 68 heavy (non-hydrogen) atoms. The van der Waals surface area contributed by atoms with Crippen LogP contribution in [0.15, 0.2) is 251 Å². The van der Waals surface area contributed by atoms with Gasteiger partial charge in [-0.25, -0.2) is 0 Å². The van der Waals surface area contributed by atoms with Crippen LogP contribution >= 0.6 is 0 Å². The highest BCUT2D eigenvalue weighted by molar-refractivity contribution is 6.11. The van der Waals surface area contributed by atoms with Crippen LogP contribution in [-0.2, 0) is 0 Å². The van der Waals surface area contributed by atoms with Gasteiger partial charge in [0.05, 0.1) is 16.7 Å². The predicted octanol–water partition coefficient (Wildman–Crippen LogP) is 18.2. The zero-order chi connectivity index (χ0) is 44.7. The molecule has 0 N–H and O–H groups in total. The van der Waals surface area contributed by atoms with Crippen molar-refractivity contribution in [3.8, 4) is 39.1 Å². The molecule has 0 spiro atoms. The van der Waals surface area contributed by atoms with Gasteiger partial charge in [0, 0.05) is 54.8 Å². The average molecular weight is 869 g/mol. The van der Waals surface area contributed by atoms with Crippen molar-refractivity contribution >= 4 is 93.5 Å². The van der Waals surface area contributed by atoms with E-state index in [4.69, 9.17) is 8.83 Å². The topological polar surface area (TPSA) is 34.5 Å². The lowest BCUT2D eigenvalue weighted by Gasteiger charge is -2.28. The van der Waals surface area contributed by atoms with Crippen molar-refractivity contribution in [2.24, 2.45) is 0 Å². The van der Waals surface area contributed by atoms with Gasteiger partial charge < -0.3 is 18.3 Å². The summed E-state index contributed by atoms with van der Waals surface area (Å²) in [5, 5.41) is 9.37.